The topological polar surface area (TPSA) is 83.8 Å². The van der Waals surface area contributed by atoms with E-state index in [1.807, 2.05) is 18.2 Å². The Morgan fingerprint density at radius 3 is 2.50 bits per heavy atom. The average Bonchev–Trinajstić information content (AvgIpc) is 2.94. The van der Waals surface area contributed by atoms with E-state index in [1.54, 1.807) is 19.2 Å². The molecule has 1 aromatic heterocycles. The molecule has 3 saturated carbocycles. The van der Waals surface area contributed by atoms with E-state index in [2.05, 4.69) is 50.2 Å². The molecule has 42 heavy (non-hydrogen) atoms. The van der Waals surface area contributed by atoms with Crippen molar-refractivity contribution in [3.8, 4) is 5.75 Å². The normalized spacial score (nSPS) is 28.8. The van der Waals surface area contributed by atoms with Crippen molar-refractivity contribution in [1.82, 2.24) is 25.1 Å². The SMILES string of the molecule is C[C@H]1[C@@H](NC(=Nc2ccc3c(=O)n(C)c(COc4ccc(F)cc4)nc3c2)N2C[C@@H](C)N[C@@H](C)C2)C[C@@H]2C[C@@H]1C2(C)C. The van der Waals surface area contributed by atoms with E-state index < -0.39 is 0 Å². The smallest absolute Gasteiger partial charge is 0.261 e. The third kappa shape index (κ3) is 5.39. The molecule has 0 amide bonds. The molecule has 2 N–H and O–H groups in total. The molecule has 6 atom stereocenters. The van der Waals surface area contributed by atoms with Crippen LogP contribution >= 0.6 is 0 Å². The summed E-state index contributed by atoms with van der Waals surface area (Å²) in [7, 11) is 1.69. The second kappa shape index (κ2) is 11.0. The van der Waals surface area contributed by atoms with Crippen LogP contribution in [0.4, 0.5) is 10.1 Å². The molecule has 2 heterocycles. The third-order valence-electron chi connectivity index (χ3n) is 10.1. The van der Waals surface area contributed by atoms with E-state index in [9.17, 15) is 9.18 Å². The maximum Gasteiger partial charge on any atom is 0.261 e. The number of nitrogens with one attached hydrogen (secondary N) is 2. The van der Waals surface area contributed by atoms with Crippen molar-refractivity contribution in [2.45, 2.75) is 72.2 Å². The molecule has 0 unspecified atom stereocenters. The molecule has 224 valence electrons. The van der Waals surface area contributed by atoms with E-state index in [4.69, 9.17) is 14.7 Å². The molecule has 2 bridgehead atoms. The molecule has 2 aromatic carbocycles. The molecule has 3 aliphatic carbocycles. The number of piperazine rings is 1. The quantitative estimate of drug-likeness (QED) is 0.330. The van der Waals surface area contributed by atoms with Gasteiger partial charge in [0.25, 0.3) is 5.56 Å². The molecule has 9 heteroatoms. The highest BCUT2D eigenvalue weighted by Gasteiger charge is 2.56. The molecule has 7 rings (SSSR count). The summed E-state index contributed by atoms with van der Waals surface area (Å²) in [5.41, 5.74) is 1.60. The van der Waals surface area contributed by atoms with Gasteiger partial charge in [0.2, 0.25) is 0 Å². The second-order valence-corrected chi connectivity index (χ2v) is 13.4. The van der Waals surface area contributed by atoms with Crippen LogP contribution in [0.25, 0.3) is 10.9 Å². The van der Waals surface area contributed by atoms with Gasteiger partial charge in [-0.25, -0.2) is 14.4 Å². The first-order valence-electron chi connectivity index (χ1n) is 15.2. The van der Waals surface area contributed by atoms with Gasteiger partial charge in [-0.3, -0.25) is 9.36 Å². The Labute approximate surface area is 247 Å². The van der Waals surface area contributed by atoms with Crippen molar-refractivity contribution in [1.29, 1.82) is 0 Å². The molecule has 1 aliphatic heterocycles. The van der Waals surface area contributed by atoms with Crippen LogP contribution in [-0.4, -0.2) is 51.6 Å². The number of benzene rings is 2. The Morgan fingerprint density at radius 1 is 1.12 bits per heavy atom. The summed E-state index contributed by atoms with van der Waals surface area (Å²) in [4.78, 5) is 25.5. The average molecular weight is 575 g/mol. The Balaban J connectivity index is 1.31. The van der Waals surface area contributed by atoms with Crippen molar-refractivity contribution in [3.05, 3.63) is 64.5 Å². The number of guanidine groups is 1. The first-order valence-corrected chi connectivity index (χ1v) is 15.2. The fraction of sp³-hybridized carbons (Fsp3) is 0.545. The number of hydrogen-bond donors (Lipinski definition) is 2. The van der Waals surface area contributed by atoms with Crippen LogP contribution in [-0.2, 0) is 13.7 Å². The van der Waals surface area contributed by atoms with Gasteiger partial charge in [0.15, 0.2) is 5.96 Å². The molecule has 4 fully saturated rings. The summed E-state index contributed by atoms with van der Waals surface area (Å²) in [6.45, 7) is 13.5. The Hall–Kier alpha value is -3.46. The van der Waals surface area contributed by atoms with Gasteiger partial charge in [-0.15, -0.1) is 0 Å². The second-order valence-electron chi connectivity index (χ2n) is 13.4. The predicted molar refractivity (Wildman–Crippen MR) is 165 cm³/mol. The van der Waals surface area contributed by atoms with Gasteiger partial charge in [0, 0.05) is 38.3 Å². The van der Waals surface area contributed by atoms with Crippen LogP contribution in [0.3, 0.4) is 0 Å². The van der Waals surface area contributed by atoms with Gasteiger partial charge in [-0.2, -0.15) is 0 Å². The summed E-state index contributed by atoms with van der Waals surface area (Å²) in [5, 5.41) is 8.06. The molecular formula is C33H43FN6O2. The predicted octanol–water partition coefficient (Wildman–Crippen LogP) is 4.98. The van der Waals surface area contributed by atoms with Gasteiger partial charge < -0.3 is 20.3 Å². The first-order chi connectivity index (χ1) is 20.0. The Morgan fingerprint density at radius 2 is 1.83 bits per heavy atom. The zero-order valence-electron chi connectivity index (χ0n) is 25.5. The zero-order valence-corrected chi connectivity index (χ0v) is 25.5. The summed E-state index contributed by atoms with van der Waals surface area (Å²) in [6, 6.07) is 12.5. The molecule has 8 nitrogen and oxygen atoms in total. The zero-order chi connectivity index (χ0) is 29.8. The van der Waals surface area contributed by atoms with Gasteiger partial charge in [-0.05, 0) is 92.3 Å². The van der Waals surface area contributed by atoms with Crippen LogP contribution in [0.15, 0.2) is 52.3 Å². The van der Waals surface area contributed by atoms with Crippen molar-refractivity contribution >= 4 is 22.5 Å². The fourth-order valence-corrected chi connectivity index (χ4v) is 7.51. The van der Waals surface area contributed by atoms with Gasteiger partial charge in [-0.1, -0.05) is 20.8 Å². The van der Waals surface area contributed by atoms with Gasteiger partial charge in [0.05, 0.1) is 16.6 Å². The minimum absolute atomic E-state index is 0.0857. The van der Waals surface area contributed by atoms with Gasteiger partial charge in [0.1, 0.15) is 24.0 Å². The number of ether oxygens (including phenoxy) is 1. The number of fused-ring (bicyclic) bond motifs is 3. The maximum atomic E-state index is 13.3. The summed E-state index contributed by atoms with van der Waals surface area (Å²) < 4.78 is 20.6. The number of aliphatic imine (C=N–C) groups is 1. The summed E-state index contributed by atoms with van der Waals surface area (Å²) in [6.07, 6.45) is 2.49. The third-order valence-corrected chi connectivity index (χ3v) is 10.1. The molecule has 4 aliphatic rings. The number of rotatable bonds is 5. The lowest BCUT2D eigenvalue weighted by Crippen LogP contribution is -2.64. The van der Waals surface area contributed by atoms with E-state index in [-0.39, 0.29) is 18.0 Å². The van der Waals surface area contributed by atoms with Gasteiger partial charge >= 0.3 is 0 Å². The fourth-order valence-electron chi connectivity index (χ4n) is 7.51. The Kier molecular flexibility index (Phi) is 7.50. The molecule has 0 spiro atoms. The van der Waals surface area contributed by atoms with Crippen LogP contribution in [0.2, 0.25) is 0 Å². The number of halogens is 1. The van der Waals surface area contributed by atoms with E-state index in [0.29, 0.717) is 51.9 Å². The highest BCUT2D eigenvalue weighted by atomic mass is 19.1. The monoisotopic (exact) mass is 574 g/mol. The lowest BCUT2D eigenvalue weighted by molar-refractivity contribution is -0.112. The minimum atomic E-state index is -0.330. The maximum absolute atomic E-state index is 13.3. The number of aromatic nitrogens is 2. The van der Waals surface area contributed by atoms with Crippen LogP contribution < -0.4 is 20.9 Å². The Bertz CT molecular complexity index is 1540. The van der Waals surface area contributed by atoms with Crippen molar-refractivity contribution in [2.24, 2.45) is 35.2 Å². The van der Waals surface area contributed by atoms with Crippen LogP contribution in [0.5, 0.6) is 5.75 Å². The van der Waals surface area contributed by atoms with Crippen molar-refractivity contribution in [3.63, 3.8) is 0 Å². The van der Waals surface area contributed by atoms with Crippen LogP contribution in [0.1, 0.15) is 53.3 Å². The number of nitrogens with zero attached hydrogens (tertiary/aromatic N) is 4. The standard InChI is InChI=1S/C33H43FN6O2/c1-19-16-40(17-20(2)35-19)32(38-28-14-22-13-27(21(28)3)33(22,4)5)36-24-9-12-26-29(15-24)37-30(39(6)31(26)41)18-42-25-10-7-23(34)8-11-25/h7-12,15,19-22,27-28,35H,13-14,16-18H2,1-6H3,(H,36,38)/t19-,20+,21-,22+,27+,28+/m1/s1. The van der Waals surface area contributed by atoms with E-state index in [1.165, 1.54) is 23.1 Å². The lowest BCUT2D eigenvalue weighted by Gasteiger charge is -2.62. The lowest BCUT2D eigenvalue weighted by atomic mass is 9.45. The molecule has 3 aromatic rings. The van der Waals surface area contributed by atoms with Crippen molar-refractivity contribution in [2.75, 3.05) is 13.1 Å². The molecular weight excluding hydrogens is 531 g/mol. The van der Waals surface area contributed by atoms with E-state index in [0.717, 1.165) is 43.0 Å². The van der Waals surface area contributed by atoms with Crippen molar-refractivity contribution < 1.29 is 9.13 Å². The van der Waals surface area contributed by atoms with Crippen LogP contribution in [0, 0.1) is 29.0 Å². The highest BCUT2D eigenvalue weighted by Crippen LogP contribution is 2.61. The molecule has 1 saturated heterocycles. The first kappa shape index (κ1) is 28.6. The summed E-state index contributed by atoms with van der Waals surface area (Å²) in [5.74, 6) is 3.61. The largest absolute Gasteiger partial charge is 0.486 e. The highest BCUT2D eigenvalue weighted by molar-refractivity contribution is 5.86. The van der Waals surface area contributed by atoms with E-state index >= 15 is 0 Å². The number of hydrogen-bond acceptors (Lipinski definition) is 5. The molecule has 0 radical (unpaired) electrons. The summed E-state index contributed by atoms with van der Waals surface area (Å²) >= 11 is 0. The minimum Gasteiger partial charge on any atom is -0.486 e.